The molecule has 6 aliphatic carbocycles. The minimum atomic E-state index is -0.119. The Kier molecular flexibility index (Phi) is 3.21. The van der Waals surface area contributed by atoms with Gasteiger partial charge in [-0.3, -0.25) is 4.79 Å². The van der Waals surface area contributed by atoms with Crippen LogP contribution in [0.25, 0.3) is 0 Å². The lowest BCUT2D eigenvalue weighted by Gasteiger charge is -2.62. The predicted molar refractivity (Wildman–Crippen MR) is 89.6 cm³/mol. The van der Waals surface area contributed by atoms with E-state index >= 15 is 0 Å². The van der Waals surface area contributed by atoms with Crippen LogP contribution in [-0.2, 0) is 9.53 Å². The molecule has 6 fully saturated rings. The van der Waals surface area contributed by atoms with Crippen molar-refractivity contribution in [3.63, 3.8) is 0 Å². The lowest BCUT2D eigenvalue weighted by atomic mass is 9.47. The fraction of sp³-hybridized carbons (Fsp3) is 0.952. The highest BCUT2D eigenvalue weighted by molar-refractivity contribution is 5.74. The van der Waals surface area contributed by atoms with Crippen molar-refractivity contribution in [2.45, 2.75) is 77.2 Å². The van der Waals surface area contributed by atoms with Gasteiger partial charge >= 0.3 is 5.97 Å². The third kappa shape index (κ3) is 2.02. The number of hydrogen-bond donors (Lipinski definition) is 0. The molecule has 6 bridgehead atoms. The molecule has 2 heteroatoms. The van der Waals surface area contributed by atoms with Crippen LogP contribution in [0.3, 0.4) is 0 Å². The summed E-state index contributed by atoms with van der Waals surface area (Å²) >= 11 is 0. The number of ether oxygens (including phenoxy) is 1. The Balaban J connectivity index is 1.41. The average Bonchev–Trinajstić information content (AvgIpc) is 3.12. The summed E-state index contributed by atoms with van der Waals surface area (Å²) in [6.45, 7) is 4.63. The van der Waals surface area contributed by atoms with E-state index in [2.05, 4.69) is 13.8 Å². The zero-order valence-corrected chi connectivity index (χ0v) is 14.8. The van der Waals surface area contributed by atoms with Gasteiger partial charge in [0, 0.05) is 0 Å². The summed E-state index contributed by atoms with van der Waals surface area (Å²) in [7, 11) is 0. The number of rotatable bonds is 3. The van der Waals surface area contributed by atoms with Crippen LogP contribution < -0.4 is 0 Å². The van der Waals surface area contributed by atoms with Crippen LogP contribution in [-0.4, -0.2) is 11.6 Å². The molecule has 6 aliphatic rings. The predicted octanol–water partition coefficient (Wildman–Crippen LogP) is 4.82. The summed E-state index contributed by atoms with van der Waals surface area (Å²) < 4.78 is 6.57. The third-order valence-corrected chi connectivity index (χ3v) is 8.63. The van der Waals surface area contributed by atoms with Crippen molar-refractivity contribution in [2.75, 3.05) is 0 Å². The van der Waals surface area contributed by atoms with E-state index < -0.39 is 0 Å². The first kappa shape index (κ1) is 14.8. The Morgan fingerprint density at radius 2 is 1.52 bits per heavy atom. The quantitative estimate of drug-likeness (QED) is 0.698. The first-order valence-electron chi connectivity index (χ1n) is 10.3. The number of carbonyl (C=O) groups is 1. The normalized spacial score (nSPS) is 53.3. The highest BCUT2D eigenvalue weighted by atomic mass is 16.6. The van der Waals surface area contributed by atoms with Crippen LogP contribution in [0.15, 0.2) is 0 Å². The Morgan fingerprint density at radius 3 is 2.00 bits per heavy atom. The van der Waals surface area contributed by atoms with E-state index in [4.69, 9.17) is 4.74 Å². The lowest BCUT2D eigenvalue weighted by molar-refractivity contribution is -0.229. The first-order chi connectivity index (χ1) is 11.1. The monoisotopic (exact) mass is 316 g/mol. The maximum atomic E-state index is 13.1. The van der Waals surface area contributed by atoms with E-state index in [1.54, 1.807) is 0 Å². The Morgan fingerprint density at radius 1 is 0.870 bits per heavy atom. The van der Waals surface area contributed by atoms with Gasteiger partial charge in [-0.2, -0.15) is 0 Å². The fourth-order valence-electron chi connectivity index (χ4n) is 7.93. The minimum Gasteiger partial charge on any atom is -0.458 e. The molecule has 0 saturated heterocycles. The van der Waals surface area contributed by atoms with Gasteiger partial charge < -0.3 is 4.74 Å². The highest BCUT2D eigenvalue weighted by Crippen LogP contribution is 2.62. The second-order valence-electron chi connectivity index (χ2n) is 10.0. The molecule has 0 aliphatic heterocycles. The van der Waals surface area contributed by atoms with Crippen molar-refractivity contribution < 1.29 is 9.53 Å². The van der Waals surface area contributed by atoms with E-state index in [0.29, 0.717) is 23.7 Å². The zero-order chi connectivity index (χ0) is 15.8. The molecule has 0 N–H and O–H groups in total. The topological polar surface area (TPSA) is 26.3 Å². The number of fused-ring (bicyclic) bond motifs is 2. The molecule has 2 nitrogen and oxygen atoms in total. The molecule has 0 aromatic heterocycles. The summed E-state index contributed by atoms with van der Waals surface area (Å²) in [4.78, 5) is 13.1. The number of esters is 1. The van der Waals surface area contributed by atoms with Crippen molar-refractivity contribution in [1.82, 2.24) is 0 Å². The van der Waals surface area contributed by atoms with Gasteiger partial charge in [0.05, 0.1) is 5.92 Å². The summed E-state index contributed by atoms with van der Waals surface area (Å²) in [6, 6.07) is 0. The Labute approximate surface area is 140 Å². The first-order valence-corrected chi connectivity index (χ1v) is 10.3. The van der Waals surface area contributed by atoms with Crippen molar-refractivity contribution in [1.29, 1.82) is 0 Å². The van der Waals surface area contributed by atoms with Gasteiger partial charge in [0.15, 0.2) is 0 Å². The van der Waals surface area contributed by atoms with E-state index in [1.165, 1.54) is 51.4 Å². The van der Waals surface area contributed by atoms with Crippen LogP contribution in [0.2, 0.25) is 0 Å². The van der Waals surface area contributed by atoms with Crippen LogP contribution in [0.1, 0.15) is 71.6 Å². The van der Waals surface area contributed by atoms with Crippen LogP contribution in [0.4, 0.5) is 0 Å². The van der Waals surface area contributed by atoms with E-state index in [1.807, 2.05) is 0 Å². The minimum absolute atomic E-state index is 0.119. The summed E-state index contributed by atoms with van der Waals surface area (Å²) in [5, 5.41) is 0. The van der Waals surface area contributed by atoms with Crippen molar-refractivity contribution >= 4 is 5.97 Å². The average molecular weight is 316 g/mol. The maximum Gasteiger partial charge on any atom is 0.309 e. The van der Waals surface area contributed by atoms with Gasteiger partial charge in [-0.1, -0.05) is 20.3 Å². The zero-order valence-electron chi connectivity index (χ0n) is 14.8. The molecule has 0 aromatic carbocycles. The smallest absolute Gasteiger partial charge is 0.309 e. The van der Waals surface area contributed by atoms with Crippen LogP contribution >= 0.6 is 0 Å². The summed E-state index contributed by atoms with van der Waals surface area (Å²) in [5.41, 5.74) is -0.119. The Bertz CT molecular complexity index is 480. The molecule has 0 amide bonds. The van der Waals surface area contributed by atoms with Gasteiger partial charge in [-0.15, -0.1) is 0 Å². The second kappa shape index (κ2) is 4.99. The van der Waals surface area contributed by atoms with Gasteiger partial charge in [-0.25, -0.2) is 0 Å². The number of carbonyl (C=O) groups excluding carboxylic acids is 1. The van der Waals surface area contributed by atoms with Crippen LogP contribution in [0.5, 0.6) is 0 Å². The standard InChI is InChI=1S/C21H32O2/c1-12(2)21(17-7-14-5-15(9-17)10-18(21)8-14)23-20(22)19-11-13-3-4-16(19)6-13/h12-19H,3-11H2,1-2H3. The van der Waals surface area contributed by atoms with Gasteiger partial charge in [-0.05, 0) is 92.8 Å². The molecule has 6 rings (SSSR count). The molecule has 128 valence electrons. The molecule has 3 unspecified atom stereocenters. The van der Waals surface area contributed by atoms with Crippen LogP contribution in [0, 0.1) is 47.3 Å². The van der Waals surface area contributed by atoms with Gasteiger partial charge in [0.25, 0.3) is 0 Å². The number of hydrogen-bond acceptors (Lipinski definition) is 2. The van der Waals surface area contributed by atoms with E-state index in [0.717, 1.165) is 24.2 Å². The molecular formula is C21H32O2. The fourth-order valence-corrected chi connectivity index (χ4v) is 7.93. The maximum absolute atomic E-state index is 13.1. The van der Waals surface area contributed by atoms with Crippen molar-refractivity contribution in [3.8, 4) is 0 Å². The molecule has 0 spiro atoms. The Hall–Kier alpha value is -0.530. The lowest BCUT2D eigenvalue weighted by Crippen LogP contribution is -2.62. The van der Waals surface area contributed by atoms with E-state index in [9.17, 15) is 4.79 Å². The van der Waals surface area contributed by atoms with Gasteiger partial charge in [0.2, 0.25) is 0 Å². The third-order valence-electron chi connectivity index (χ3n) is 8.63. The highest BCUT2D eigenvalue weighted by Gasteiger charge is 2.61. The second-order valence-corrected chi connectivity index (χ2v) is 10.0. The molecule has 0 aromatic rings. The van der Waals surface area contributed by atoms with Crippen molar-refractivity contribution in [2.24, 2.45) is 47.3 Å². The summed E-state index contributed by atoms with van der Waals surface area (Å²) in [5.74, 6) is 5.55. The van der Waals surface area contributed by atoms with Gasteiger partial charge in [0.1, 0.15) is 5.60 Å². The SMILES string of the molecule is CC(C)C1(OC(=O)C2CC3CCC2C3)C2CC3CC(C2)CC1C3. The largest absolute Gasteiger partial charge is 0.458 e. The summed E-state index contributed by atoms with van der Waals surface area (Å²) in [6.07, 6.45) is 11.8. The van der Waals surface area contributed by atoms with E-state index in [-0.39, 0.29) is 17.5 Å². The molecule has 0 heterocycles. The molecule has 6 saturated carbocycles. The van der Waals surface area contributed by atoms with Crippen molar-refractivity contribution in [3.05, 3.63) is 0 Å². The molecular weight excluding hydrogens is 284 g/mol. The molecule has 0 radical (unpaired) electrons. The molecule has 3 atom stereocenters. The molecule has 23 heavy (non-hydrogen) atoms.